The van der Waals surface area contributed by atoms with Crippen LogP contribution < -0.4 is 5.32 Å². The molecule has 2 fully saturated rings. The fourth-order valence-electron chi connectivity index (χ4n) is 3.76. The molecule has 0 aliphatic carbocycles. The van der Waals surface area contributed by atoms with Crippen LogP contribution >= 0.6 is 0 Å². The lowest BCUT2D eigenvalue weighted by Gasteiger charge is -2.32. The molecule has 5 heteroatoms. The molecule has 2 heterocycles. The third kappa shape index (κ3) is 5.79. The Morgan fingerprint density at radius 3 is 2.56 bits per heavy atom. The fraction of sp³-hybridized carbons (Fsp3) is 0.650. The van der Waals surface area contributed by atoms with Crippen molar-refractivity contribution in [2.45, 2.75) is 38.6 Å². The van der Waals surface area contributed by atoms with Gasteiger partial charge in [0.1, 0.15) is 5.82 Å². The van der Waals surface area contributed by atoms with Crippen LogP contribution in [0.1, 0.15) is 37.7 Å². The lowest BCUT2D eigenvalue weighted by atomic mass is 9.94. The average molecular weight is 348 g/mol. The molecule has 138 valence electrons. The van der Waals surface area contributed by atoms with Crippen LogP contribution in [0.25, 0.3) is 0 Å². The lowest BCUT2D eigenvalue weighted by molar-refractivity contribution is -0.122. The van der Waals surface area contributed by atoms with Crippen LogP contribution in [0.15, 0.2) is 24.3 Å². The zero-order chi connectivity index (χ0) is 17.5. The van der Waals surface area contributed by atoms with Crippen molar-refractivity contribution >= 4 is 5.91 Å². The summed E-state index contributed by atoms with van der Waals surface area (Å²) in [6, 6.07) is 7.00. The Bertz CT molecular complexity index is 552. The molecule has 0 unspecified atom stereocenters. The van der Waals surface area contributed by atoms with Crippen molar-refractivity contribution in [1.29, 1.82) is 0 Å². The maximum absolute atomic E-state index is 13.7. The van der Waals surface area contributed by atoms with Gasteiger partial charge >= 0.3 is 0 Å². The predicted octanol–water partition coefficient (Wildman–Crippen LogP) is 2.97. The summed E-state index contributed by atoms with van der Waals surface area (Å²) in [5, 5.41) is 3.12. The highest BCUT2D eigenvalue weighted by molar-refractivity contribution is 5.76. The minimum Gasteiger partial charge on any atom is -0.381 e. The number of piperidine rings is 1. The monoisotopic (exact) mass is 348 g/mol. The van der Waals surface area contributed by atoms with Gasteiger partial charge in [0, 0.05) is 38.3 Å². The van der Waals surface area contributed by atoms with Crippen molar-refractivity contribution in [2.75, 3.05) is 32.8 Å². The zero-order valence-electron chi connectivity index (χ0n) is 14.9. The van der Waals surface area contributed by atoms with Gasteiger partial charge in [-0.3, -0.25) is 9.69 Å². The van der Waals surface area contributed by atoms with E-state index in [4.69, 9.17) is 4.74 Å². The number of nitrogens with one attached hydrogen (secondary N) is 1. The highest BCUT2D eigenvalue weighted by atomic mass is 19.1. The molecule has 1 aromatic rings. The van der Waals surface area contributed by atoms with E-state index in [2.05, 4.69) is 10.2 Å². The topological polar surface area (TPSA) is 41.6 Å². The summed E-state index contributed by atoms with van der Waals surface area (Å²) in [6.07, 6.45) is 4.76. The van der Waals surface area contributed by atoms with Crippen molar-refractivity contribution < 1.29 is 13.9 Å². The number of halogens is 1. The molecule has 2 aliphatic rings. The Kier molecular flexibility index (Phi) is 6.82. The minimum atomic E-state index is -0.120. The number of ether oxygens (including phenoxy) is 1. The van der Waals surface area contributed by atoms with Crippen molar-refractivity contribution in [2.24, 2.45) is 11.8 Å². The number of amides is 1. The number of carbonyl (C=O) groups is 1. The van der Waals surface area contributed by atoms with Crippen LogP contribution in [0, 0.1) is 17.7 Å². The largest absolute Gasteiger partial charge is 0.381 e. The SMILES string of the molecule is O=C(CC1CCOCC1)NCC1CCN(Cc2ccccc2F)CC1. The van der Waals surface area contributed by atoms with E-state index in [-0.39, 0.29) is 11.7 Å². The van der Waals surface area contributed by atoms with E-state index in [1.165, 1.54) is 6.07 Å². The van der Waals surface area contributed by atoms with E-state index < -0.39 is 0 Å². The van der Waals surface area contributed by atoms with Crippen LogP contribution in [0.3, 0.4) is 0 Å². The number of rotatable bonds is 6. The van der Waals surface area contributed by atoms with E-state index in [1.54, 1.807) is 6.07 Å². The second kappa shape index (κ2) is 9.30. The summed E-state index contributed by atoms with van der Waals surface area (Å²) in [5.41, 5.74) is 0.769. The summed E-state index contributed by atoms with van der Waals surface area (Å²) < 4.78 is 19.1. The van der Waals surface area contributed by atoms with E-state index in [0.29, 0.717) is 24.8 Å². The smallest absolute Gasteiger partial charge is 0.220 e. The number of likely N-dealkylation sites (tertiary alicyclic amines) is 1. The second-order valence-electron chi connectivity index (χ2n) is 7.37. The maximum atomic E-state index is 13.7. The standard InChI is InChI=1S/C20H29FN2O2/c21-19-4-2-1-3-18(19)15-23-9-5-17(6-10-23)14-22-20(24)13-16-7-11-25-12-8-16/h1-4,16-17H,5-15H2,(H,22,24). The average Bonchev–Trinajstić information content (AvgIpc) is 2.64. The normalized spacial score (nSPS) is 20.5. The molecule has 0 aromatic heterocycles. The minimum absolute atomic E-state index is 0.120. The lowest BCUT2D eigenvalue weighted by Crippen LogP contribution is -2.39. The molecule has 2 saturated heterocycles. The number of hydrogen-bond acceptors (Lipinski definition) is 3. The van der Waals surface area contributed by atoms with Gasteiger partial charge in [-0.25, -0.2) is 4.39 Å². The molecule has 0 atom stereocenters. The molecular formula is C20H29FN2O2. The Morgan fingerprint density at radius 2 is 1.84 bits per heavy atom. The predicted molar refractivity (Wildman–Crippen MR) is 95.6 cm³/mol. The van der Waals surface area contributed by atoms with Crippen LogP contribution in [-0.4, -0.2) is 43.7 Å². The van der Waals surface area contributed by atoms with Crippen molar-refractivity contribution in [3.8, 4) is 0 Å². The Balaban J connectivity index is 1.33. The highest BCUT2D eigenvalue weighted by Gasteiger charge is 2.22. The molecule has 2 aliphatic heterocycles. The number of nitrogens with zero attached hydrogens (tertiary/aromatic N) is 1. The number of hydrogen-bond donors (Lipinski definition) is 1. The van der Waals surface area contributed by atoms with Crippen molar-refractivity contribution in [3.05, 3.63) is 35.6 Å². The second-order valence-corrected chi connectivity index (χ2v) is 7.37. The molecule has 0 saturated carbocycles. The maximum Gasteiger partial charge on any atom is 0.220 e. The first-order valence-electron chi connectivity index (χ1n) is 9.51. The summed E-state index contributed by atoms with van der Waals surface area (Å²) in [5.74, 6) is 1.08. The fourth-order valence-corrected chi connectivity index (χ4v) is 3.76. The van der Waals surface area contributed by atoms with Crippen LogP contribution in [0.4, 0.5) is 4.39 Å². The molecule has 25 heavy (non-hydrogen) atoms. The van der Waals surface area contributed by atoms with Gasteiger partial charge in [-0.1, -0.05) is 18.2 Å². The molecule has 4 nitrogen and oxygen atoms in total. The molecule has 3 rings (SSSR count). The summed E-state index contributed by atoms with van der Waals surface area (Å²) >= 11 is 0. The number of carbonyl (C=O) groups excluding carboxylic acids is 1. The highest BCUT2D eigenvalue weighted by Crippen LogP contribution is 2.21. The van der Waals surface area contributed by atoms with Crippen LogP contribution in [-0.2, 0) is 16.1 Å². The first-order valence-corrected chi connectivity index (χ1v) is 9.51. The molecule has 0 bridgehead atoms. The van der Waals surface area contributed by atoms with Gasteiger partial charge in [-0.15, -0.1) is 0 Å². The molecule has 1 amide bonds. The quantitative estimate of drug-likeness (QED) is 0.859. The first-order chi connectivity index (χ1) is 12.2. The Morgan fingerprint density at radius 1 is 1.12 bits per heavy atom. The Hall–Kier alpha value is -1.46. The van der Waals surface area contributed by atoms with E-state index >= 15 is 0 Å². The first kappa shape index (κ1) is 18.3. The third-order valence-corrected chi connectivity index (χ3v) is 5.46. The van der Waals surface area contributed by atoms with Gasteiger partial charge in [0.15, 0.2) is 0 Å². The number of benzene rings is 1. The van der Waals surface area contributed by atoms with Gasteiger partial charge < -0.3 is 10.1 Å². The zero-order valence-corrected chi connectivity index (χ0v) is 14.9. The van der Waals surface area contributed by atoms with Gasteiger partial charge in [0.2, 0.25) is 5.91 Å². The summed E-state index contributed by atoms with van der Waals surface area (Å²) in [7, 11) is 0. The third-order valence-electron chi connectivity index (χ3n) is 5.46. The van der Waals surface area contributed by atoms with Crippen molar-refractivity contribution in [3.63, 3.8) is 0 Å². The molecule has 1 aromatic carbocycles. The van der Waals surface area contributed by atoms with Gasteiger partial charge in [-0.05, 0) is 56.7 Å². The Labute approximate surface area is 149 Å². The van der Waals surface area contributed by atoms with Crippen molar-refractivity contribution in [1.82, 2.24) is 10.2 Å². The summed E-state index contributed by atoms with van der Waals surface area (Å²) in [6.45, 7) is 4.96. The van der Waals surface area contributed by atoms with Crippen LogP contribution in [0.2, 0.25) is 0 Å². The molecule has 0 radical (unpaired) electrons. The van der Waals surface area contributed by atoms with Gasteiger partial charge in [-0.2, -0.15) is 0 Å². The van der Waals surface area contributed by atoms with E-state index in [9.17, 15) is 9.18 Å². The molecule has 0 spiro atoms. The van der Waals surface area contributed by atoms with Gasteiger partial charge in [0.25, 0.3) is 0 Å². The molecule has 1 N–H and O–H groups in total. The van der Waals surface area contributed by atoms with E-state index in [1.807, 2.05) is 12.1 Å². The van der Waals surface area contributed by atoms with Gasteiger partial charge in [0.05, 0.1) is 0 Å². The van der Waals surface area contributed by atoms with E-state index in [0.717, 1.165) is 64.1 Å². The van der Waals surface area contributed by atoms with Crippen LogP contribution in [0.5, 0.6) is 0 Å². The molecular weight excluding hydrogens is 319 g/mol. The summed E-state index contributed by atoms with van der Waals surface area (Å²) in [4.78, 5) is 14.4.